The molecule has 3 atom stereocenters. The number of nitrogens with zero attached hydrogens (tertiary/aromatic N) is 2. The lowest BCUT2D eigenvalue weighted by molar-refractivity contribution is 0.0921. The van der Waals surface area contributed by atoms with E-state index in [1.807, 2.05) is 50.5 Å². The van der Waals surface area contributed by atoms with Gasteiger partial charge in [-0.2, -0.15) is 23.5 Å². The van der Waals surface area contributed by atoms with Crippen LogP contribution in [0.3, 0.4) is 0 Å². The molecular weight excluding hydrogens is 749 g/mol. The van der Waals surface area contributed by atoms with Gasteiger partial charge in [0, 0.05) is 9.77 Å². The van der Waals surface area contributed by atoms with Crippen molar-refractivity contribution in [2.75, 3.05) is 28.8 Å². The zero-order valence-corrected chi connectivity index (χ0v) is 36.7. The Hall–Kier alpha value is -1.78. The maximum Gasteiger partial charge on any atom is 0.248 e. The lowest BCUT2D eigenvalue weighted by Crippen LogP contribution is -2.27. The Balaban J connectivity index is 1.36. The summed E-state index contributed by atoms with van der Waals surface area (Å²) < 4.78 is 4.92. The minimum absolute atomic E-state index is 0.0283. The van der Waals surface area contributed by atoms with Gasteiger partial charge in [0.15, 0.2) is 0 Å². The molecule has 0 aromatic carbocycles. The summed E-state index contributed by atoms with van der Waals surface area (Å²) in [6.07, 6.45) is 25.5. The second-order valence-corrected chi connectivity index (χ2v) is 19.7. The van der Waals surface area contributed by atoms with Crippen molar-refractivity contribution in [2.45, 2.75) is 115 Å². The lowest BCUT2D eigenvalue weighted by atomic mass is 10.0. The molecule has 2 bridgehead atoms. The largest absolute Gasteiger partial charge is 0.279 e. The van der Waals surface area contributed by atoms with Gasteiger partial charge in [0.2, 0.25) is 11.8 Å². The topological polar surface area (TPSA) is 44.0 Å². The number of aryl methyl sites for hydroxylation is 1. The number of aromatic nitrogens is 2. The van der Waals surface area contributed by atoms with Gasteiger partial charge in [-0.25, -0.2) is 0 Å². The molecule has 288 valence electrons. The smallest absolute Gasteiger partial charge is 0.248 e. The first kappa shape index (κ1) is 42.4. The van der Waals surface area contributed by atoms with Crippen LogP contribution in [0.1, 0.15) is 130 Å². The summed E-state index contributed by atoms with van der Waals surface area (Å²) in [5.41, 5.74) is 5.80. The standard InChI is InChI=1S/C44H60N2O2S5/c1-6-10-15-32(8-3)28-50-21-13-12-19-37-40(49)25-35-18-14-17-34-23-31(5)24-42(44(48)45(35)37)52-30-43(47)46-38(34)27-41-39(46)26-36(53-41)20-22-51-29-33(9-4)16-11-7-2/h12,14,17-19,24-27,32-33,42,49H,6-11,13,15-16,20-23,28-30H2,1-5H3/b18-14+,19-12+,31-24-,34-17+. The highest BCUT2D eigenvalue weighted by Gasteiger charge is 2.28. The molecule has 0 amide bonds. The zero-order valence-electron chi connectivity index (χ0n) is 32.5. The van der Waals surface area contributed by atoms with E-state index in [9.17, 15) is 9.59 Å². The third-order valence-corrected chi connectivity index (χ3v) is 15.5. The fourth-order valence-corrected chi connectivity index (χ4v) is 12.2. The van der Waals surface area contributed by atoms with E-state index in [0.717, 1.165) is 79.5 Å². The van der Waals surface area contributed by atoms with E-state index >= 15 is 0 Å². The van der Waals surface area contributed by atoms with E-state index < -0.39 is 5.25 Å². The van der Waals surface area contributed by atoms with Crippen LogP contribution in [0, 0.1) is 11.8 Å². The Morgan fingerprint density at radius 3 is 2.38 bits per heavy atom. The molecule has 0 spiro atoms. The summed E-state index contributed by atoms with van der Waals surface area (Å²) >= 11 is 12.2. The highest BCUT2D eigenvalue weighted by molar-refractivity contribution is 8.01. The minimum atomic E-state index is -0.491. The van der Waals surface area contributed by atoms with Gasteiger partial charge >= 0.3 is 0 Å². The number of fused-ring (bicyclic) bond motifs is 8. The minimum Gasteiger partial charge on any atom is -0.279 e. The van der Waals surface area contributed by atoms with Crippen LogP contribution in [0.15, 0.2) is 53.0 Å². The van der Waals surface area contributed by atoms with Crippen molar-refractivity contribution < 1.29 is 9.59 Å². The zero-order chi connectivity index (χ0) is 37.7. The van der Waals surface area contributed by atoms with Crippen LogP contribution in [0.4, 0.5) is 0 Å². The number of rotatable bonds is 19. The molecule has 5 rings (SSSR count). The molecule has 2 aliphatic rings. The number of thiol groups is 1. The summed E-state index contributed by atoms with van der Waals surface area (Å²) in [5.74, 6) is 6.45. The Morgan fingerprint density at radius 2 is 1.68 bits per heavy atom. The van der Waals surface area contributed by atoms with Gasteiger partial charge in [-0.05, 0) is 110 Å². The second-order valence-electron chi connectivity index (χ2n) is 14.6. The molecule has 2 aliphatic heterocycles. The maximum atomic E-state index is 14.5. The average Bonchev–Trinajstić information content (AvgIpc) is 3.80. The highest BCUT2D eigenvalue weighted by Crippen LogP contribution is 2.37. The van der Waals surface area contributed by atoms with Crippen molar-refractivity contribution in [3.8, 4) is 0 Å². The van der Waals surface area contributed by atoms with Gasteiger partial charge < -0.3 is 0 Å². The first-order valence-electron chi connectivity index (χ1n) is 19.9. The monoisotopic (exact) mass is 808 g/mol. The fourth-order valence-electron chi connectivity index (χ4n) is 7.21. The molecule has 0 saturated carbocycles. The summed E-state index contributed by atoms with van der Waals surface area (Å²) in [7, 11) is 0. The van der Waals surface area contributed by atoms with Crippen LogP contribution in [0.5, 0.6) is 0 Å². The number of hydrogen-bond acceptors (Lipinski definition) is 7. The SMILES string of the molecule is CCCCC(CC)CSCC/C=C/c1c(S)cc2n1C(=O)C1/C=C(/C)C/C(=C\C=C\2)c2cc3sc(CCSCC(CC)CCCC)cc3n2C(=O)CS1. The van der Waals surface area contributed by atoms with Crippen molar-refractivity contribution in [2.24, 2.45) is 11.8 Å². The Labute approximate surface area is 341 Å². The van der Waals surface area contributed by atoms with Gasteiger partial charge in [-0.1, -0.05) is 96.1 Å². The molecule has 9 heteroatoms. The third kappa shape index (κ3) is 11.4. The van der Waals surface area contributed by atoms with Crippen molar-refractivity contribution in [1.82, 2.24) is 9.13 Å². The number of hydrogen-bond donors (Lipinski definition) is 1. The molecule has 4 nitrogen and oxygen atoms in total. The second kappa shape index (κ2) is 21.5. The molecule has 0 fully saturated rings. The average molecular weight is 809 g/mol. The van der Waals surface area contributed by atoms with E-state index in [4.69, 9.17) is 12.6 Å². The van der Waals surface area contributed by atoms with Crippen molar-refractivity contribution in [1.29, 1.82) is 0 Å². The van der Waals surface area contributed by atoms with E-state index in [1.54, 1.807) is 0 Å². The molecule has 5 heterocycles. The molecule has 0 radical (unpaired) electrons. The van der Waals surface area contributed by atoms with Crippen LogP contribution < -0.4 is 0 Å². The number of thiophene rings is 1. The lowest BCUT2D eigenvalue weighted by Gasteiger charge is -2.19. The van der Waals surface area contributed by atoms with E-state index in [1.165, 1.54) is 79.5 Å². The number of unbranched alkanes of at least 4 members (excludes halogenated alkanes) is 2. The molecule has 3 aromatic heterocycles. The van der Waals surface area contributed by atoms with Gasteiger partial charge in [0.05, 0.1) is 33.1 Å². The van der Waals surface area contributed by atoms with Crippen LogP contribution in [-0.4, -0.2) is 55.0 Å². The molecule has 3 aromatic rings. The highest BCUT2D eigenvalue weighted by atomic mass is 32.2. The Morgan fingerprint density at radius 1 is 0.962 bits per heavy atom. The molecule has 0 aliphatic carbocycles. The summed E-state index contributed by atoms with van der Waals surface area (Å²) in [6, 6.07) is 6.46. The number of thioether (sulfide) groups is 3. The molecule has 0 N–H and O–H groups in total. The quantitative estimate of drug-likeness (QED) is 0.0742. The Kier molecular flexibility index (Phi) is 17.2. The van der Waals surface area contributed by atoms with Gasteiger partial charge in [0.1, 0.15) is 5.25 Å². The first-order chi connectivity index (χ1) is 25.8. The fraction of sp³-hybridized carbons (Fsp3) is 0.545. The van der Waals surface area contributed by atoms with Crippen molar-refractivity contribution in [3.63, 3.8) is 0 Å². The van der Waals surface area contributed by atoms with E-state index in [-0.39, 0.29) is 17.6 Å². The predicted molar refractivity (Wildman–Crippen MR) is 243 cm³/mol. The number of allylic oxidation sites excluding steroid dienone is 5. The van der Waals surface area contributed by atoms with Crippen LogP contribution in [0.25, 0.3) is 27.9 Å². The molecule has 0 saturated heterocycles. The summed E-state index contributed by atoms with van der Waals surface area (Å²) in [5, 5.41) is -0.491. The first-order valence-corrected chi connectivity index (χ1v) is 24.5. The van der Waals surface area contributed by atoms with Crippen molar-refractivity contribution in [3.05, 3.63) is 70.0 Å². The maximum absolute atomic E-state index is 14.5. The van der Waals surface area contributed by atoms with Gasteiger partial charge in [-0.15, -0.1) is 35.7 Å². The van der Waals surface area contributed by atoms with Crippen molar-refractivity contribution >= 4 is 99.0 Å². The van der Waals surface area contributed by atoms with Crippen LogP contribution >= 0.6 is 59.3 Å². The van der Waals surface area contributed by atoms with E-state index in [0.29, 0.717) is 6.42 Å². The normalized spacial score (nSPS) is 20.2. The number of carbonyl (C=O) groups excluding carboxylic acids is 2. The van der Waals surface area contributed by atoms with E-state index in [2.05, 4.69) is 82.8 Å². The van der Waals surface area contributed by atoms with Gasteiger partial charge in [-0.3, -0.25) is 18.7 Å². The molecule has 3 unspecified atom stereocenters. The third-order valence-electron chi connectivity index (χ3n) is 10.5. The van der Waals surface area contributed by atoms with Crippen LogP contribution in [0.2, 0.25) is 0 Å². The summed E-state index contributed by atoms with van der Waals surface area (Å²) in [6.45, 7) is 11.3. The molecular formula is C44H60N2O2S5. The number of carbonyl (C=O) groups is 2. The summed E-state index contributed by atoms with van der Waals surface area (Å²) in [4.78, 5) is 30.8. The van der Waals surface area contributed by atoms with Crippen LogP contribution in [-0.2, 0) is 6.42 Å². The Bertz CT molecular complexity index is 1800. The van der Waals surface area contributed by atoms with Gasteiger partial charge in [0.25, 0.3) is 0 Å². The predicted octanol–water partition coefficient (Wildman–Crippen LogP) is 13.5. The molecule has 53 heavy (non-hydrogen) atoms.